The van der Waals surface area contributed by atoms with Crippen molar-refractivity contribution < 1.29 is 19.4 Å². The number of hydrogen-bond donors (Lipinski definition) is 1. The normalized spacial score (nSPS) is 17.8. The summed E-state index contributed by atoms with van der Waals surface area (Å²) in [5.41, 5.74) is 3.38. The van der Waals surface area contributed by atoms with Gasteiger partial charge in [0.25, 0.3) is 11.7 Å². The summed E-state index contributed by atoms with van der Waals surface area (Å²) in [4.78, 5) is 29.8. The summed E-state index contributed by atoms with van der Waals surface area (Å²) in [6, 6.07) is 12.5. The highest BCUT2D eigenvalue weighted by molar-refractivity contribution is 6.46. The average molecular weight is 465 g/mol. The zero-order valence-corrected chi connectivity index (χ0v) is 21.1. The number of Topliss-reactive ketones (excluding diaryl/α,β-unsaturated/α-hetero) is 1. The van der Waals surface area contributed by atoms with Crippen molar-refractivity contribution in [1.82, 2.24) is 9.80 Å². The molecule has 0 aromatic heterocycles. The average Bonchev–Trinajstić information content (AvgIpc) is 3.03. The maximum atomic E-state index is 13.2. The molecule has 0 bridgehead atoms. The number of nitrogens with zero attached hydrogens (tertiary/aromatic N) is 2. The van der Waals surface area contributed by atoms with Crippen LogP contribution in [0.5, 0.6) is 5.75 Å². The van der Waals surface area contributed by atoms with Crippen molar-refractivity contribution in [1.29, 1.82) is 0 Å². The van der Waals surface area contributed by atoms with E-state index in [1.54, 1.807) is 23.1 Å². The summed E-state index contributed by atoms with van der Waals surface area (Å²) < 4.78 is 5.85. The van der Waals surface area contributed by atoms with Crippen molar-refractivity contribution in [3.8, 4) is 5.75 Å². The van der Waals surface area contributed by atoms with Crippen LogP contribution < -0.4 is 4.74 Å². The van der Waals surface area contributed by atoms with E-state index >= 15 is 0 Å². The lowest BCUT2D eigenvalue weighted by Gasteiger charge is -2.26. The van der Waals surface area contributed by atoms with Gasteiger partial charge in [0, 0.05) is 12.1 Å². The molecular weight excluding hydrogens is 428 g/mol. The van der Waals surface area contributed by atoms with Crippen molar-refractivity contribution in [2.45, 2.75) is 40.2 Å². The lowest BCUT2D eigenvalue weighted by Crippen LogP contribution is -2.32. The Morgan fingerprint density at radius 2 is 1.76 bits per heavy atom. The van der Waals surface area contributed by atoms with Gasteiger partial charge in [0.1, 0.15) is 11.5 Å². The molecule has 6 nitrogen and oxygen atoms in total. The first-order valence-electron chi connectivity index (χ1n) is 11.8. The predicted molar refractivity (Wildman–Crippen MR) is 135 cm³/mol. The molecule has 0 spiro atoms. The number of hydrogen-bond acceptors (Lipinski definition) is 5. The second kappa shape index (κ2) is 10.9. The summed E-state index contributed by atoms with van der Waals surface area (Å²) in [5.74, 6) is -0.238. The summed E-state index contributed by atoms with van der Waals surface area (Å²) in [6.07, 6.45) is 0.726. The van der Waals surface area contributed by atoms with Crippen LogP contribution in [0.4, 0.5) is 0 Å². The third-order valence-corrected chi connectivity index (χ3v) is 5.96. The summed E-state index contributed by atoms with van der Waals surface area (Å²) in [5, 5.41) is 11.3. The Kier molecular flexibility index (Phi) is 8.15. The highest BCUT2D eigenvalue weighted by Crippen LogP contribution is 2.40. The van der Waals surface area contributed by atoms with Crippen LogP contribution in [0.3, 0.4) is 0 Å². The quantitative estimate of drug-likeness (QED) is 0.331. The number of carbonyl (C=O) groups is 2. The van der Waals surface area contributed by atoms with Gasteiger partial charge in [0.05, 0.1) is 18.2 Å². The molecule has 1 heterocycles. The minimum Gasteiger partial charge on any atom is -0.507 e. The molecule has 0 radical (unpaired) electrons. The first kappa shape index (κ1) is 25.5. The van der Waals surface area contributed by atoms with Crippen LogP contribution in [0.2, 0.25) is 0 Å². The summed E-state index contributed by atoms with van der Waals surface area (Å²) >= 11 is 0. The molecule has 3 rings (SSSR count). The van der Waals surface area contributed by atoms with E-state index in [1.165, 1.54) is 0 Å². The fourth-order valence-corrected chi connectivity index (χ4v) is 4.13. The van der Waals surface area contributed by atoms with Crippen LogP contribution in [-0.4, -0.2) is 60.4 Å². The largest absolute Gasteiger partial charge is 0.507 e. The summed E-state index contributed by atoms with van der Waals surface area (Å²) in [7, 11) is 3.95. The van der Waals surface area contributed by atoms with Gasteiger partial charge < -0.3 is 19.6 Å². The Morgan fingerprint density at radius 1 is 1.09 bits per heavy atom. The fourth-order valence-electron chi connectivity index (χ4n) is 4.13. The molecule has 0 aliphatic carbocycles. The third-order valence-electron chi connectivity index (χ3n) is 5.96. The van der Waals surface area contributed by atoms with E-state index in [-0.39, 0.29) is 11.3 Å². The molecule has 2 aromatic carbocycles. The van der Waals surface area contributed by atoms with Crippen LogP contribution in [0.1, 0.15) is 48.6 Å². The maximum Gasteiger partial charge on any atom is 0.295 e. The number of ketones is 1. The van der Waals surface area contributed by atoms with Crippen LogP contribution in [-0.2, 0) is 9.59 Å². The van der Waals surface area contributed by atoms with E-state index in [0.717, 1.165) is 35.4 Å². The Morgan fingerprint density at radius 3 is 2.35 bits per heavy atom. The number of ether oxygens (including phenoxy) is 1. The Bertz CT molecular complexity index is 1070. The number of aliphatic hydroxyl groups excluding tert-OH is 1. The van der Waals surface area contributed by atoms with Crippen molar-refractivity contribution in [2.24, 2.45) is 5.92 Å². The molecule has 0 saturated carbocycles. The molecule has 1 aliphatic rings. The molecule has 1 amide bonds. The predicted octanol–water partition coefficient (Wildman–Crippen LogP) is 4.71. The second-order valence-electron chi connectivity index (χ2n) is 9.75. The molecule has 2 aromatic rings. The van der Waals surface area contributed by atoms with Gasteiger partial charge in [-0.25, -0.2) is 0 Å². The van der Waals surface area contributed by atoms with Crippen LogP contribution in [0.15, 0.2) is 48.0 Å². The van der Waals surface area contributed by atoms with Gasteiger partial charge in [0.2, 0.25) is 0 Å². The van der Waals surface area contributed by atoms with E-state index in [9.17, 15) is 14.7 Å². The number of aliphatic hydroxyl groups is 1. The van der Waals surface area contributed by atoms with Gasteiger partial charge in [-0.3, -0.25) is 9.59 Å². The number of likely N-dealkylation sites (tertiary alicyclic amines) is 1. The zero-order chi connectivity index (χ0) is 25.0. The van der Waals surface area contributed by atoms with Crippen molar-refractivity contribution >= 4 is 17.4 Å². The molecular formula is C28H36N2O4. The minimum absolute atomic E-state index is 0.133. The lowest BCUT2D eigenvalue weighted by atomic mass is 9.94. The van der Waals surface area contributed by atoms with Gasteiger partial charge in [0.15, 0.2) is 0 Å². The molecule has 182 valence electrons. The smallest absolute Gasteiger partial charge is 0.295 e. The van der Waals surface area contributed by atoms with E-state index < -0.39 is 17.7 Å². The Labute approximate surface area is 202 Å². The van der Waals surface area contributed by atoms with E-state index in [4.69, 9.17) is 4.74 Å². The molecule has 1 N–H and O–H groups in total. The van der Waals surface area contributed by atoms with Crippen LogP contribution in [0.25, 0.3) is 5.76 Å². The first-order chi connectivity index (χ1) is 16.1. The highest BCUT2D eigenvalue weighted by Gasteiger charge is 2.45. The van der Waals surface area contributed by atoms with E-state index in [2.05, 4.69) is 13.8 Å². The monoisotopic (exact) mass is 464 g/mol. The number of benzene rings is 2. The van der Waals surface area contributed by atoms with E-state index in [1.807, 2.05) is 57.1 Å². The lowest BCUT2D eigenvalue weighted by molar-refractivity contribution is -0.139. The molecule has 0 unspecified atom stereocenters. The summed E-state index contributed by atoms with van der Waals surface area (Å²) in [6.45, 7) is 9.88. The Balaban J connectivity index is 2.03. The van der Waals surface area contributed by atoms with Gasteiger partial charge in [-0.1, -0.05) is 43.7 Å². The number of aryl methyl sites for hydroxylation is 2. The molecule has 1 atom stereocenters. The second-order valence-corrected chi connectivity index (χ2v) is 9.75. The van der Waals surface area contributed by atoms with Crippen molar-refractivity contribution in [2.75, 3.05) is 33.8 Å². The SMILES string of the molecule is Cc1ccc([C@H]2/C(=C(\O)c3ccc(OCC(C)C)c(C)c3)C(=O)C(=O)N2CCCN(C)C)cc1. The molecule has 1 fully saturated rings. The topological polar surface area (TPSA) is 70.1 Å². The zero-order valence-electron chi connectivity index (χ0n) is 21.1. The van der Waals surface area contributed by atoms with Gasteiger partial charge in [-0.2, -0.15) is 0 Å². The highest BCUT2D eigenvalue weighted by atomic mass is 16.5. The number of carbonyl (C=O) groups excluding carboxylic acids is 2. The molecule has 1 saturated heterocycles. The fraction of sp³-hybridized carbons (Fsp3) is 0.429. The van der Waals surface area contributed by atoms with Gasteiger partial charge in [-0.15, -0.1) is 0 Å². The molecule has 6 heteroatoms. The van der Waals surface area contributed by atoms with Crippen molar-refractivity contribution in [3.63, 3.8) is 0 Å². The van der Waals surface area contributed by atoms with Gasteiger partial charge in [-0.05, 0) is 76.2 Å². The van der Waals surface area contributed by atoms with E-state index in [0.29, 0.717) is 24.6 Å². The van der Waals surface area contributed by atoms with Gasteiger partial charge >= 0.3 is 0 Å². The minimum atomic E-state index is -0.647. The Hall–Kier alpha value is -3.12. The molecule has 34 heavy (non-hydrogen) atoms. The third kappa shape index (κ3) is 5.68. The maximum absolute atomic E-state index is 13.2. The standard InChI is InChI=1S/C28H36N2O4/c1-18(2)17-34-23-13-12-22(16-20(23)4)26(31)24-25(21-10-8-19(3)9-11-21)30(28(33)27(24)32)15-7-14-29(5)6/h8-13,16,18,25,31H,7,14-15,17H2,1-6H3/b26-24+/t25-/m0/s1. The number of amides is 1. The van der Waals surface area contributed by atoms with Crippen molar-refractivity contribution in [3.05, 3.63) is 70.3 Å². The van der Waals surface area contributed by atoms with Crippen LogP contribution >= 0.6 is 0 Å². The first-order valence-corrected chi connectivity index (χ1v) is 11.8. The van der Waals surface area contributed by atoms with Crippen LogP contribution in [0, 0.1) is 19.8 Å². The molecule has 1 aliphatic heterocycles. The number of rotatable bonds is 9.